The van der Waals surface area contributed by atoms with Crippen molar-refractivity contribution >= 4 is 33.3 Å². The van der Waals surface area contributed by atoms with Crippen LogP contribution in [-0.4, -0.2) is 10.9 Å². The summed E-state index contributed by atoms with van der Waals surface area (Å²) in [6, 6.07) is 17.5. The van der Waals surface area contributed by atoms with Gasteiger partial charge in [0.05, 0.1) is 5.69 Å². The normalized spacial score (nSPS) is 10.9. The van der Waals surface area contributed by atoms with Crippen LogP contribution in [0.5, 0.6) is 0 Å². The predicted octanol–water partition coefficient (Wildman–Crippen LogP) is 5.12. The zero-order chi connectivity index (χ0) is 16.5. The minimum absolute atomic E-state index is 0.280. The number of aryl methyl sites for hydroxylation is 1. The number of benzene rings is 2. The fourth-order valence-corrected chi connectivity index (χ4v) is 3.33. The van der Waals surface area contributed by atoms with E-state index in [-0.39, 0.29) is 5.91 Å². The highest BCUT2D eigenvalue weighted by molar-refractivity contribution is 7.14. The van der Waals surface area contributed by atoms with Gasteiger partial charge < -0.3 is 4.42 Å². The SMILES string of the molecule is Cc1c(C(=O)Nc2nc(-c3ccccc3)cs2)oc2ccccc12. The molecule has 0 aliphatic heterocycles. The van der Waals surface area contributed by atoms with Crippen molar-refractivity contribution in [2.75, 3.05) is 5.32 Å². The van der Waals surface area contributed by atoms with Gasteiger partial charge in [0.2, 0.25) is 0 Å². The minimum Gasteiger partial charge on any atom is -0.451 e. The molecule has 0 aliphatic rings. The molecule has 0 spiro atoms. The van der Waals surface area contributed by atoms with Gasteiger partial charge in [0, 0.05) is 21.9 Å². The van der Waals surface area contributed by atoms with E-state index in [4.69, 9.17) is 4.42 Å². The number of carbonyl (C=O) groups excluding carboxylic acids is 1. The van der Waals surface area contributed by atoms with E-state index in [1.807, 2.05) is 66.9 Å². The zero-order valence-electron chi connectivity index (χ0n) is 12.9. The van der Waals surface area contributed by atoms with Crippen LogP contribution in [0.3, 0.4) is 0 Å². The van der Waals surface area contributed by atoms with E-state index in [2.05, 4.69) is 10.3 Å². The first kappa shape index (κ1) is 14.7. The molecule has 0 atom stereocenters. The van der Waals surface area contributed by atoms with Crippen LogP contribution in [0.1, 0.15) is 16.1 Å². The molecule has 118 valence electrons. The quantitative estimate of drug-likeness (QED) is 0.566. The van der Waals surface area contributed by atoms with Gasteiger partial charge in [0.15, 0.2) is 10.9 Å². The monoisotopic (exact) mass is 334 g/mol. The third-order valence-electron chi connectivity index (χ3n) is 3.84. The number of para-hydroxylation sites is 1. The lowest BCUT2D eigenvalue weighted by Gasteiger charge is -1.99. The molecule has 2 aromatic heterocycles. The van der Waals surface area contributed by atoms with Crippen LogP contribution in [0.2, 0.25) is 0 Å². The van der Waals surface area contributed by atoms with Crippen molar-refractivity contribution in [3.05, 3.63) is 71.3 Å². The first-order chi connectivity index (χ1) is 11.7. The molecule has 0 bridgehead atoms. The van der Waals surface area contributed by atoms with Gasteiger partial charge in [0.25, 0.3) is 5.91 Å². The van der Waals surface area contributed by atoms with Crippen molar-refractivity contribution in [2.24, 2.45) is 0 Å². The summed E-state index contributed by atoms with van der Waals surface area (Å²) in [7, 11) is 0. The number of nitrogens with zero attached hydrogens (tertiary/aromatic N) is 1. The lowest BCUT2D eigenvalue weighted by atomic mass is 10.1. The smallest absolute Gasteiger partial charge is 0.293 e. The van der Waals surface area contributed by atoms with E-state index in [0.717, 1.165) is 22.2 Å². The van der Waals surface area contributed by atoms with Crippen LogP contribution in [0.15, 0.2) is 64.4 Å². The number of hydrogen-bond donors (Lipinski definition) is 1. The summed E-state index contributed by atoms with van der Waals surface area (Å²) >= 11 is 1.40. The summed E-state index contributed by atoms with van der Waals surface area (Å²) in [6.45, 7) is 1.89. The molecule has 24 heavy (non-hydrogen) atoms. The number of nitrogens with one attached hydrogen (secondary N) is 1. The van der Waals surface area contributed by atoms with Gasteiger partial charge in [-0.3, -0.25) is 10.1 Å². The van der Waals surface area contributed by atoms with Crippen molar-refractivity contribution in [3.8, 4) is 11.3 Å². The molecule has 1 amide bonds. The van der Waals surface area contributed by atoms with E-state index in [9.17, 15) is 4.79 Å². The Balaban J connectivity index is 1.60. The molecule has 0 saturated heterocycles. The zero-order valence-corrected chi connectivity index (χ0v) is 13.8. The summed E-state index contributed by atoms with van der Waals surface area (Å²) in [4.78, 5) is 17.0. The van der Waals surface area contributed by atoms with Gasteiger partial charge >= 0.3 is 0 Å². The van der Waals surface area contributed by atoms with E-state index >= 15 is 0 Å². The van der Waals surface area contributed by atoms with Gasteiger partial charge in [-0.2, -0.15) is 0 Å². The van der Waals surface area contributed by atoms with Crippen LogP contribution in [-0.2, 0) is 0 Å². The topological polar surface area (TPSA) is 55.1 Å². The highest BCUT2D eigenvalue weighted by atomic mass is 32.1. The maximum absolute atomic E-state index is 12.5. The standard InChI is InChI=1S/C19H14N2O2S/c1-12-14-9-5-6-10-16(14)23-17(12)18(22)21-19-20-15(11-24-19)13-7-3-2-4-8-13/h2-11H,1H3,(H,20,21,22). The lowest BCUT2D eigenvalue weighted by molar-refractivity contribution is 0.0998. The van der Waals surface area contributed by atoms with E-state index < -0.39 is 0 Å². The molecule has 0 unspecified atom stereocenters. The number of fused-ring (bicyclic) bond motifs is 1. The van der Waals surface area contributed by atoms with Crippen molar-refractivity contribution in [1.82, 2.24) is 4.98 Å². The number of thiazole rings is 1. The van der Waals surface area contributed by atoms with Crippen LogP contribution in [0, 0.1) is 6.92 Å². The van der Waals surface area contributed by atoms with Gasteiger partial charge in [-0.05, 0) is 13.0 Å². The Morgan fingerprint density at radius 2 is 1.83 bits per heavy atom. The first-order valence-corrected chi connectivity index (χ1v) is 8.41. The van der Waals surface area contributed by atoms with Crippen LogP contribution >= 0.6 is 11.3 Å². The second-order valence-corrected chi connectivity index (χ2v) is 6.27. The highest BCUT2D eigenvalue weighted by Gasteiger charge is 2.18. The summed E-state index contributed by atoms with van der Waals surface area (Å²) < 4.78 is 5.69. The molecule has 0 aliphatic carbocycles. The van der Waals surface area contributed by atoms with Gasteiger partial charge in [-0.15, -0.1) is 11.3 Å². The molecule has 0 saturated carbocycles. The Hall–Kier alpha value is -2.92. The number of amides is 1. The molecule has 4 aromatic rings. The number of hydrogen-bond acceptors (Lipinski definition) is 4. The fraction of sp³-hybridized carbons (Fsp3) is 0.0526. The van der Waals surface area contributed by atoms with Crippen molar-refractivity contribution < 1.29 is 9.21 Å². The lowest BCUT2D eigenvalue weighted by Crippen LogP contribution is -2.11. The number of rotatable bonds is 3. The van der Waals surface area contributed by atoms with Crippen LogP contribution in [0.25, 0.3) is 22.2 Å². The molecule has 0 radical (unpaired) electrons. The third kappa shape index (κ3) is 2.59. The fourth-order valence-electron chi connectivity index (χ4n) is 2.62. The molecule has 1 N–H and O–H groups in total. The Bertz CT molecular complexity index is 1020. The van der Waals surface area contributed by atoms with Crippen molar-refractivity contribution in [2.45, 2.75) is 6.92 Å². The van der Waals surface area contributed by atoms with Gasteiger partial charge in [-0.25, -0.2) is 4.98 Å². The molecule has 4 rings (SSSR count). The molecular formula is C19H14N2O2S. The average molecular weight is 334 g/mol. The van der Waals surface area contributed by atoms with Crippen LogP contribution < -0.4 is 5.32 Å². The average Bonchev–Trinajstić information content (AvgIpc) is 3.21. The number of anilines is 1. The molecule has 2 aromatic carbocycles. The van der Waals surface area contributed by atoms with Gasteiger partial charge in [-0.1, -0.05) is 48.5 Å². The largest absolute Gasteiger partial charge is 0.451 e. The number of aromatic nitrogens is 1. The highest BCUT2D eigenvalue weighted by Crippen LogP contribution is 2.28. The second kappa shape index (κ2) is 5.94. The molecule has 4 nitrogen and oxygen atoms in total. The van der Waals surface area contributed by atoms with E-state index in [1.165, 1.54) is 11.3 Å². The Morgan fingerprint density at radius 1 is 1.08 bits per heavy atom. The number of furan rings is 1. The molecule has 5 heteroatoms. The summed E-state index contributed by atoms with van der Waals surface area (Å²) in [5.41, 5.74) is 3.42. The predicted molar refractivity (Wildman–Crippen MR) is 96.5 cm³/mol. The Morgan fingerprint density at radius 3 is 2.62 bits per heavy atom. The summed E-state index contributed by atoms with van der Waals surface area (Å²) in [6.07, 6.45) is 0. The van der Waals surface area contributed by atoms with Gasteiger partial charge in [0.1, 0.15) is 5.58 Å². The third-order valence-corrected chi connectivity index (χ3v) is 4.60. The van der Waals surface area contributed by atoms with Crippen molar-refractivity contribution in [1.29, 1.82) is 0 Å². The van der Waals surface area contributed by atoms with Crippen molar-refractivity contribution in [3.63, 3.8) is 0 Å². The molecule has 0 fully saturated rings. The van der Waals surface area contributed by atoms with Crippen LogP contribution in [0.4, 0.5) is 5.13 Å². The maximum Gasteiger partial charge on any atom is 0.293 e. The van der Waals surface area contributed by atoms with E-state index in [0.29, 0.717) is 16.5 Å². The number of carbonyl (C=O) groups is 1. The van der Waals surface area contributed by atoms with E-state index in [1.54, 1.807) is 0 Å². The Labute approximate surface area is 142 Å². The minimum atomic E-state index is -0.280. The Kier molecular flexibility index (Phi) is 3.63. The molecular weight excluding hydrogens is 320 g/mol. The summed E-state index contributed by atoms with van der Waals surface area (Å²) in [5.74, 6) is 0.0466. The second-order valence-electron chi connectivity index (χ2n) is 5.41. The maximum atomic E-state index is 12.5. The first-order valence-electron chi connectivity index (χ1n) is 7.53. The summed E-state index contributed by atoms with van der Waals surface area (Å²) in [5, 5.41) is 6.26. The molecule has 2 heterocycles.